The predicted molar refractivity (Wildman–Crippen MR) is 51.7 cm³/mol. The summed E-state index contributed by atoms with van der Waals surface area (Å²) in [5.74, 6) is 2.05. The molecule has 0 radical (unpaired) electrons. The highest BCUT2D eigenvalue weighted by molar-refractivity contribution is 6.18. The van der Waals surface area contributed by atoms with Gasteiger partial charge in [0.2, 0.25) is 0 Å². The van der Waals surface area contributed by atoms with Crippen molar-refractivity contribution in [2.24, 2.45) is 11.8 Å². The molecule has 0 aromatic rings. The van der Waals surface area contributed by atoms with Crippen LogP contribution in [0.25, 0.3) is 0 Å². The molecule has 0 spiro atoms. The monoisotopic (exact) mass is 191 g/mol. The molecule has 0 bridgehead atoms. The van der Waals surface area contributed by atoms with E-state index in [1.165, 1.54) is 6.42 Å². The quantitative estimate of drug-likeness (QED) is 0.665. The minimum atomic E-state index is 0.578. The Labute approximate surface area is 79.6 Å². The molecule has 1 N–H and O–H groups in total. The van der Waals surface area contributed by atoms with E-state index in [2.05, 4.69) is 12.2 Å². The lowest BCUT2D eigenvalue weighted by atomic mass is 10.1. The first-order valence-corrected chi connectivity index (χ1v) is 5.20. The van der Waals surface area contributed by atoms with Gasteiger partial charge in [-0.25, -0.2) is 0 Å². The van der Waals surface area contributed by atoms with Crippen molar-refractivity contribution in [3.8, 4) is 0 Å². The van der Waals surface area contributed by atoms with Crippen molar-refractivity contribution in [2.75, 3.05) is 32.2 Å². The first kappa shape index (κ1) is 10.3. The Bertz CT molecular complexity index is 115. The van der Waals surface area contributed by atoms with E-state index in [-0.39, 0.29) is 0 Å². The molecule has 12 heavy (non-hydrogen) atoms. The number of alkyl halides is 1. The van der Waals surface area contributed by atoms with Crippen LogP contribution < -0.4 is 5.32 Å². The molecule has 1 aliphatic rings. The zero-order valence-electron chi connectivity index (χ0n) is 7.68. The van der Waals surface area contributed by atoms with E-state index in [9.17, 15) is 0 Å². The van der Waals surface area contributed by atoms with Crippen molar-refractivity contribution in [2.45, 2.75) is 13.3 Å². The van der Waals surface area contributed by atoms with E-state index < -0.39 is 0 Å². The summed E-state index contributed by atoms with van der Waals surface area (Å²) >= 11 is 5.68. The fourth-order valence-electron chi connectivity index (χ4n) is 1.33. The summed E-state index contributed by atoms with van der Waals surface area (Å²) in [6.07, 6.45) is 1.21. The van der Waals surface area contributed by atoms with Gasteiger partial charge in [0, 0.05) is 19.0 Å². The summed E-state index contributed by atoms with van der Waals surface area (Å²) < 4.78 is 5.27. The zero-order valence-corrected chi connectivity index (χ0v) is 8.44. The van der Waals surface area contributed by atoms with Gasteiger partial charge in [0.15, 0.2) is 0 Å². The summed E-state index contributed by atoms with van der Waals surface area (Å²) in [6.45, 7) is 6.14. The maximum Gasteiger partial charge on any atom is 0.0507 e. The van der Waals surface area contributed by atoms with E-state index in [1.54, 1.807) is 0 Å². The van der Waals surface area contributed by atoms with Crippen LogP contribution in [-0.2, 0) is 4.74 Å². The molecular formula is C9H18ClNO. The number of nitrogens with one attached hydrogen (secondary N) is 1. The van der Waals surface area contributed by atoms with Gasteiger partial charge < -0.3 is 10.1 Å². The Balaban J connectivity index is 1.94. The first-order chi connectivity index (χ1) is 5.83. The average molecular weight is 192 g/mol. The lowest BCUT2D eigenvalue weighted by Gasteiger charge is -2.11. The fourth-order valence-corrected chi connectivity index (χ4v) is 1.44. The molecule has 0 amide bonds. The minimum Gasteiger partial charge on any atom is -0.381 e. The molecule has 2 atom stereocenters. The van der Waals surface area contributed by atoms with Crippen LogP contribution in [0.5, 0.6) is 0 Å². The van der Waals surface area contributed by atoms with Gasteiger partial charge in [0.1, 0.15) is 0 Å². The van der Waals surface area contributed by atoms with E-state index >= 15 is 0 Å². The van der Waals surface area contributed by atoms with Crippen molar-refractivity contribution >= 4 is 11.6 Å². The highest BCUT2D eigenvalue weighted by Gasteiger charge is 2.14. The highest BCUT2D eigenvalue weighted by atomic mass is 35.5. The second-order valence-corrected chi connectivity index (χ2v) is 3.96. The van der Waals surface area contributed by atoms with Crippen molar-refractivity contribution < 1.29 is 4.74 Å². The molecule has 0 saturated carbocycles. The van der Waals surface area contributed by atoms with E-state index in [0.29, 0.717) is 5.92 Å². The number of hydrogen-bond donors (Lipinski definition) is 1. The third-order valence-electron chi connectivity index (χ3n) is 2.21. The lowest BCUT2D eigenvalue weighted by Crippen LogP contribution is -2.28. The molecule has 1 fully saturated rings. The molecular weight excluding hydrogens is 174 g/mol. The van der Waals surface area contributed by atoms with Crippen LogP contribution in [-0.4, -0.2) is 32.2 Å². The smallest absolute Gasteiger partial charge is 0.0507 e. The maximum atomic E-state index is 5.68. The SMILES string of the molecule is CC(CCl)CNCC1CCOC1. The molecule has 1 rings (SSSR count). The summed E-state index contributed by atoms with van der Waals surface area (Å²) in [4.78, 5) is 0. The van der Waals surface area contributed by atoms with Gasteiger partial charge in [-0.3, -0.25) is 0 Å². The molecule has 0 aromatic heterocycles. The van der Waals surface area contributed by atoms with Gasteiger partial charge >= 0.3 is 0 Å². The minimum absolute atomic E-state index is 0.578. The zero-order chi connectivity index (χ0) is 8.81. The predicted octanol–water partition coefficient (Wildman–Crippen LogP) is 1.49. The first-order valence-electron chi connectivity index (χ1n) is 4.67. The van der Waals surface area contributed by atoms with Gasteiger partial charge in [0.25, 0.3) is 0 Å². The van der Waals surface area contributed by atoms with Crippen molar-refractivity contribution in [3.63, 3.8) is 0 Å². The molecule has 1 heterocycles. The lowest BCUT2D eigenvalue weighted by molar-refractivity contribution is 0.185. The second kappa shape index (κ2) is 5.79. The fraction of sp³-hybridized carbons (Fsp3) is 1.00. The number of halogens is 1. The summed E-state index contributed by atoms with van der Waals surface area (Å²) in [7, 11) is 0. The van der Waals surface area contributed by atoms with E-state index in [1.807, 2.05) is 0 Å². The third-order valence-corrected chi connectivity index (χ3v) is 2.74. The highest BCUT2D eigenvalue weighted by Crippen LogP contribution is 2.10. The van der Waals surface area contributed by atoms with Crippen LogP contribution in [0.2, 0.25) is 0 Å². The number of hydrogen-bond acceptors (Lipinski definition) is 2. The molecule has 1 saturated heterocycles. The Hall–Kier alpha value is 0.210. The van der Waals surface area contributed by atoms with E-state index in [4.69, 9.17) is 16.3 Å². The van der Waals surface area contributed by atoms with Crippen LogP contribution in [0.4, 0.5) is 0 Å². The topological polar surface area (TPSA) is 21.3 Å². The van der Waals surface area contributed by atoms with Crippen LogP contribution in [0.15, 0.2) is 0 Å². The summed E-state index contributed by atoms with van der Waals surface area (Å²) in [5, 5.41) is 3.41. The molecule has 2 nitrogen and oxygen atoms in total. The van der Waals surface area contributed by atoms with Crippen molar-refractivity contribution in [3.05, 3.63) is 0 Å². The van der Waals surface area contributed by atoms with Gasteiger partial charge in [0.05, 0.1) is 6.61 Å². The number of ether oxygens (including phenoxy) is 1. The summed E-state index contributed by atoms with van der Waals surface area (Å²) in [6, 6.07) is 0. The van der Waals surface area contributed by atoms with Crippen LogP contribution >= 0.6 is 11.6 Å². The normalized spacial score (nSPS) is 26.0. The Morgan fingerprint density at radius 3 is 3.08 bits per heavy atom. The van der Waals surface area contributed by atoms with Gasteiger partial charge in [-0.05, 0) is 24.8 Å². The van der Waals surface area contributed by atoms with Crippen molar-refractivity contribution in [1.29, 1.82) is 0 Å². The second-order valence-electron chi connectivity index (χ2n) is 3.65. The Morgan fingerprint density at radius 2 is 2.50 bits per heavy atom. The van der Waals surface area contributed by atoms with Crippen LogP contribution in [0, 0.1) is 11.8 Å². The van der Waals surface area contributed by atoms with Gasteiger partial charge in [-0.1, -0.05) is 6.92 Å². The summed E-state index contributed by atoms with van der Waals surface area (Å²) in [5.41, 5.74) is 0. The van der Waals surface area contributed by atoms with Crippen molar-refractivity contribution in [1.82, 2.24) is 5.32 Å². The maximum absolute atomic E-state index is 5.68. The molecule has 0 aromatic carbocycles. The van der Waals surface area contributed by atoms with Crippen LogP contribution in [0.3, 0.4) is 0 Å². The molecule has 72 valence electrons. The standard InChI is InChI=1S/C9H18ClNO/c1-8(4-10)5-11-6-9-2-3-12-7-9/h8-9,11H,2-7H2,1H3. The van der Waals surface area contributed by atoms with E-state index in [0.717, 1.165) is 38.1 Å². The molecule has 0 aliphatic carbocycles. The third kappa shape index (κ3) is 3.74. The number of rotatable bonds is 5. The Kier molecular flexibility index (Phi) is 4.96. The molecule has 3 heteroatoms. The molecule has 2 unspecified atom stereocenters. The average Bonchev–Trinajstić information content (AvgIpc) is 2.57. The van der Waals surface area contributed by atoms with Gasteiger partial charge in [-0.15, -0.1) is 11.6 Å². The largest absolute Gasteiger partial charge is 0.381 e. The Morgan fingerprint density at radius 1 is 1.67 bits per heavy atom. The molecule has 1 aliphatic heterocycles. The van der Waals surface area contributed by atoms with Gasteiger partial charge in [-0.2, -0.15) is 0 Å². The van der Waals surface area contributed by atoms with Crippen LogP contribution in [0.1, 0.15) is 13.3 Å².